The Kier molecular flexibility index (Phi) is 5.20. The molecule has 2 aromatic heterocycles. The summed E-state index contributed by atoms with van der Waals surface area (Å²) in [6.07, 6.45) is 1.69. The van der Waals surface area contributed by atoms with Gasteiger partial charge >= 0.3 is 0 Å². The maximum Gasteiger partial charge on any atom is 0.293 e. The van der Waals surface area contributed by atoms with E-state index in [4.69, 9.17) is 11.6 Å². The monoisotopic (exact) mass is 359 g/mol. The van der Waals surface area contributed by atoms with Crippen molar-refractivity contribution in [2.24, 2.45) is 0 Å². The van der Waals surface area contributed by atoms with Crippen LogP contribution in [0.3, 0.4) is 0 Å². The van der Waals surface area contributed by atoms with Crippen molar-refractivity contribution in [3.63, 3.8) is 0 Å². The van der Waals surface area contributed by atoms with E-state index in [1.54, 1.807) is 27.7 Å². The molecule has 0 bridgehead atoms. The van der Waals surface area contributed by atoms with Crippen molar-refractivity contribution in [3.05, 3.63) is 51.5 Å². The van der Waals surface area contributed by atoms with E-state index in [9.17, 15) is 4.79 Å². The van der Waals surface area contributed by atoms with Gasteiger partial charge in [-0.3, -0.25) is 4.79 Å². The van der Waals surface area contributed by atoms with Crippen LogP contribution in [0.4, 0.5) is 0 Å². The first-order chi connectivity index (χ1) is 12.0. The van der Waals surface area contributed by atoms with Crippen molar-refractivity contribution in [2.45, 2.75) is 27.3 Å². The number of hydrogen-bond donors (Lipinski definition) is 0. The molecule has 0 aliphatic rings. The molecule has 0 amide bonds. The number of halogens is 1. The van der Waals surface area contributed by atoms with Crippen LogP contribution in [-0.2, 0) is 6.54 Å². The lowest BCUT2D eigenvalue weighted by atomic mass is 10.2. The molecule has 0 spiro atoms. The van der Waals surface area contributed by atoms with E-state index >= 15 is 0 Å². The van der Waals surface area contributed by atoms with Crippen molar-refractivity contribution >= 4 is 22.5 Å². The van der Waals surface area contributed by atoms with Crippen LogP contribution in [-0.4, -0.2) is 44.1 Å². The molecule has 2 heterocycles. The summed E-state index contributed by atoms with van der Waals surface area (Å²) in [6.45, 7) is 9.37. The minimum Gasteiger partial charge on any atom is -0.302 e. The lowest BCUT2D eigenvalue weighted by Crippen LogP contribution is -2.33. The molecule has 0 radical (unpaired) electrons. The third-order valence-electron chi connectivity index (χ3n) is 4.44. The Morgan fingerprint density at radius 2 is 2.00 bits per heavy atom. The highest BCUT2D eigenvalue weighted by atomic mass is 35.5. The van der Waals surface area contributed by atoms with Gasteiger partial charge in [0.2, 0.25) is 0 Å². The zero-order valence-electron chi connectivity index (χ0n) is 14.7. The van der Waals surface area contributed by atoms with Crippen molar-refractivity contribution in [1.29, 1.82) is 0 Å². The lowest BCUT2D eigenvalue weighted by molar-refractivity contribution is 0.282. The molecule has 0 aliphatic heterocycles. The molecule has 0 atom stereocenters. The van der Waals surface area contributed by atoms with Gasteiger partial charge in [-0.1, -0.05) is 31.5 Å². The number of fused-ring (bicyclic) bond motifs is 1. The Hall–Kier alpha value is -2.18. The Labute approximate surface area is 151 Å². The first-order valence-corrected chi connectivity index (χ1v) is 8.86. The summed E-state index contributed by atoms with van der Waals surface area (Å²) < 4.78 is 3.19. The highest BCUT2D eigenvalue weighted by molar-refractivity contribution is 6.30. The van der Waals surface area contributed by atoms with Crippen LogP contribution in [0, 0.1) is 6.92 Å². The molecule has 0 N–H and O–H groups in total. The van der Waals surface area contributed by atoms with E-state index in [1.165, 1.54) is 0 Å². The predicted octanol–water partition coefficient (Wildman–Crippen LogP) is 2.89. The van der Waals surface area contributed by atoms with Gasteiger partial charge < -0.3 is 4.90 Å². The Balaban J connectivity index is 2.09. The summed E-state index contributed by atoms with van der Waals surface area (Å²) in [5.74, 6) is 0. The predicted molar refractivity (Wildman–Crippen MR) is 101 cm³/mol. The van der Waals surface area contributed by atoms with Crippen LogP contribution in [0.1, 0.15) is 19.5 Å². The average Bonchev–Trinajstić information content (AvgIpc) is 3.06. The maximum absolute atomic E-state index is 13.0. The normalized spacial score (nSPS) is 11.6. The topological polar surface area (TPSA) is 56.0 Å². The fraction of sp³-hybridized carbons (Fsp3) is 0.389. The minimum absolute atomic E-state index is 0.134. The van der Waals surface area contributed by atoms with Gasteiger partial charge in [0.15, 0.2) is 0 Å². The van der Waals surface area contributed by atoms with Crippen molar-refractivity contribution < 1.29 is 0 Å². The molecule has 3 rings (SSSR count). The summed E-state index contributed by atoms with van der Waals surface area (Å²) >= 11 is 6.09. The number of nitrogens with zero attached hydrogens (tertiary/aromatic N) is 5. The van der Waals surface area contributed by atoms with Gasteiger partial charge in [-0.05, 0) is 38.2 Å². The molecular weight excluding hydrogens is 338 g/mol. The van der Waals surface area contributed by atoms with Gasteiger partial charge in [0.1, 0.15) is 5.52 Å². The zero-order chi connectivity index (χ0) is 18.0. The van der Waals surface area contributed by atoms with E-state index in [2.05, 4.69) is 28.9 Å². The first kappa shape index (κ1) is 17.6. The molecule has 6 nitrogen and oxygen atoms in total. The fourth-order valence-corrected chi connectivity index (χ4v) is 3.14. The standard InChI is InChI=1S/C18H22ClN5O/c1-4-22(5-2)9-10-23-18(25)17-16(13(3)21-23)12-20-24(17)15-8-6-7-14(19)11-15/h6-8,11-12H,4-5,9-10H2,1-3H3. The second-order valence-corrected chi connectivity index (χ2v) is 6.38. The van der Waals surface area contributed by atoms with Gasteiger partial charge in [-0.25, -0.2) is 9.36 Å². The Morgan fingerprint density at radius 1 is 1.24 bits per heavy atom. The molecule has 0 saturated heterocycles. The average molecular weight is 360 g/mol. The number of aryl methyl sites for hydroxylation is 1. The zero-order valence-corrected chi connectivity index (χ0v) is 15.5. The number of aromatic nitrogens is 4. The second kappa shape index (κ2) is 7.37. The maximum atomic E-state index is 13.0. The second-order valence-electron chi connectivity index (χ2n) is 5.94. The Bertz CT molecular complexity index is 942. The summed E-state index contributed by atoms with van der Waals surface area (Å²) in [6, 6.07) is 7.32. The molecule has 0 aliphatic carbocycles. The van der Waals surface area contributed by atoms with E-state index in [0.29, 0.717) is 17.1 Å². The van der Waals surface area contributed by atoms with Gasteiger partial charge in [0, 0.05) is 17.0 Å². The molecule has 0 fully saturated rings. The molecule has 7 heteroatoms. The largest absolute Gasteiger partial charge is 0.302 e. The number of hydrogen-bond acceptors (Lipinski definition) is 4. The van der Waals surface area contributed by atoms with Gasteiger partial charge in [-0.15, -0.1) is 0 Å². The van der Waals surface area contributed by atoms with Crippen LogP contribution in [0.5, 0.6) is 0 Å². The molecule has 132 valence electrons. The van der Waals surface area contributed by atoms with Crippen molar-refractivity contribution in [3.8, 4) is 5.69 Å². The number of likely N-dealkylation sites (N-methyl/N-ethyl adjacent to an activating group) is 1. The quantitative estimate of drug-likeness (QED) is 0.679. The summed E-state index contributed by atoms with van der Waals surface area (Å²) in [7, 11) is 0. The molecule has 3 aromatic rings. The molecule has 0 saturated carbocycles. The summed E-state index contributed by atoms with van der Waals surface area (Å²) in [5.41, 5.74) is 1.96. The highest BCUT2D eigenvalue weighted by Crippen LogP contribution is 2.19. The van der Waals surface area contributed by atoms with E-state index in [-0.39, 0.29) is 5.56 Å². The minimum atomic E-state index is -0.134. The van der Waals surface area contributed by atoms with Crippen LogP contribution in [0.15, 0.2) is 35.3 Å². The SMILES string of the molecule is CCN(CC)CCn1nc(C)c2cnn(-c3cccc(Cl)c3)c2c1=O. The summed E-state index contributed by atoms with van der Waals surface area (Å²) in [4.78, 5) is 15.3. The van der Waals surface area contributed by atoms with Crippen LogP contribution < -0.4 is 5.56 Å². The van der Waals surface area contributed by atoms with Gasteiger partial charge in [0.05, 0.1) is 24.1 Å². The molecule has 0 unspecified atom stereocenters. The van der Waals surface area contributed by atoms with Crippen molar-refractivity contribution in [2.75, 3.05) is 19.6 Å². The Morgan fingerprint density at radius 3 is 2.68 bits per heavy atom. The molecule has 25 heavy (non-hydrogen) atoms. The number of benzene rings is 1. The van der Waals surface area contributed by atoms with Crippen LogP contribution in [0.2, 0.25) is 5.02 Å². The van der Waals surface area contributed by atoms with Gasteiger partial charge in [0.25, 0.3) is 5.56 Å². The lowest BCUT2D eigenvalue weighted by Gasteiger charge is -2.18. The van der Waals surface area contributed by atoms with Gasteiger partial charge in [-0.2, -0.15) is 10.2 Å². The smallest absolute Gasteiger partial charge is 0.293 e. The van der Waals surface area contributed by atoms with E-state index in [1.807, 2.05) is 19.1 Å². The third kappa shape index (κ3) is 3.45. The van der Waals surface area contributed by atoms with E-state index < -0.39 is 0 Å². The highest BCUT2D eigenvalue weighted by Gasteiger charge is 2.15. The number of rotatable bonds is 6. The van der Waals surface area contributed by atoms with E-state index in [0.717, 1.165) is 36.4 Å². The molecular formula is C18H22ClN5O. The van der Waals surface area contributed by atoms with Crippen molar-refractivity contribution in [1.82, 2.24) is 24.5 Å². The summed E-state index contributed by atoms with van der Waals surface area (Å²) in [5, 5.41) is 10.2. The van der Waals surface area contributed by atoms with Crippen LogP contribution >= 0.6 is 11.6 Å². The first-order valence-electron chi connectivity index (χ1n) is 8.48. The molecule has 1 aromatic carbocycles. The van der Waals surface area contributed by atoms with Crippen LogP contribution in [0.25, 0.3) is 16.6 Å². The fourth-order valence-electron chi connectivity index (χ4n) is 2.95. The third-order valence-corrected chi connectivity index (χ3v) is 4.68.